The minimum Gasteiger partial charge on any atom is -0.316 e. The monoisotopic (exact) mass is 285 g/mol. The largest absolute Gasteiger partial charge is 0.316 e. The van der Waals surface area contributed by atoms with Gasteiger partial charge in [-0.3, -0.25) is 4.68 Å². The van der Waals surface area contributed by atoms with Crippen LogP contribution in [0, 0.1) is 11.8 Å². The molecule has 2 aromatic rings. The normalized spacial score (nSPS) is 23.8. The van der Waals surface area contributed by atoms with Gasteiger partial charge in [-0.25, -0.2) is 0 Å². The van der Waals surface area contributed by atoms with Crippen LogP contribution in [0.15, 0.2) is 24.3 Å². The van der Waals surface area contributed by atoms with Gasteiger partial charge in [-0.05, 0) is 38.3 Å². The third-order valence-corrected chi connectivity index (χ3v) is 5.26. The van der Waals surface area contributed by atoms with Crippen LogP contribution in [0.3, 0.4) is 0 Å². The van der Waals surface area contributed by atoms with E-state index < -0.39 is 0 Å². The summed E-state index contributed by atoms with van der Waals surface area (Å²) in [7, 11) is 2.11. The number of para-hydroxylation sites is 1. The fourth-order valence-electron chi connectivity index (χ4n) is 4.04. The van der Waals surface area contributed by atoms with Crippen molar-refractivity contribution in [2.75, 3.05) is 7.05 Å². The summed E-state index contributed by atoms with van der Waals surface area (Å²) < 4.78 is 2.13. The summed E-state index contributed by atoms with van der Waals surface area (Å²) in [4.78, 5) is 0. The van der Waals surface area contributed by atoms with E-state index in [1.54, 1.807) is 0 Å². The Hall–Kier alpha value is -1.35. The van der Waals surface area contributed by atoms with Crippen molar-refractivity contribution in [1.29, 1.82) is 0 Å². The fraction of sp³-hybridized carbons (Fsp3) is 0.611. The van der Waals surface area contributed by atoms with E-state index in [9.17, 15) is 0 Å². The van der Waals surface area contributed by atoms with Gasteiger partial charge >= 0.3 is 0 Å². The molecule has 0 spiro atoms. The van der Waals surface area contributed by atoms with Crippen LogP contribution in [0.25, 0.3) is 10.9 Å². The fourth-order valence-corrected chi connectivity index (χ4v) is 4.04. The van der Waals surface area contributed by atoms with Crippen LogP contribution >= 0.6 is 0 Å². The number of nitrogens with zero attached hydrogens (tertiary/aromatic N) is 2. The summed E-state index contributed by atoms with van der Waals surface area (Å²) in [5.41, 5.74) is 2.52. The maximum Gasteiger partial charge on any atom is 0.0718 e. The summed E-state index contributed by atoms with van der Waals surface area (Å²) in [5, 5.41) is 9.76. The Kier molecular flexibility index (Phi) is 4.29. The van der Waals surface area contributed by atoms with Gasteiger partial charge in [0.15, 0.2) is 0 Å². The van der Waals surface area contributed by atoms with E-state index in [2.05, 4.69) is 55.2 Å². The molecule has 1 saturated carbocycles. The number of rotatable bonds is 5. The van der Waals surface area contributed by atoms with E-state index in [1.165, 1.54) is 35.9 Å². The third-order valence-electron chi connectivity index (χ3n) is 5.26. The number of hydrogen-bond donors (Lipinski definition) is 1. The first kappa shape index (κ1) is 14.6. The zero-order valence-corrected chi connectivity index (χ0v) is 13.5. The number of aromatic nitrogens is 2. The van der Waals surface area contributed by atoms with Crippen molar-refractivity contribution in [1.82, 2.24) is 15.1 Å². The van der Waals surface area contributed by atoms with Gasteiger partial charge in [0.1, 0.15) is 0 Å². The zero-order chi connectivity index (χ0) is 14.8. The van der Waals surface area contributed by atoms with Gasteiger partial charge < -0.3 is 5.32 Å². The molecular formula is C18H27N3. The lowest BCUT2D eigenvalue weighted by molar-refractivity contribution is 0.306. The molecular weight excluding hydrogens is 258 g/mol. The lowest BCUT2D eigenvalue weighted by Crippen LogP contribution is -2.37. The topological polar surface area (TPSA) is 29.9 Å². The number of aryl methyl sites for hydroxylation is 1. The molecule has 1 aliphatic carbocycles. The Morgan fingerprint density at radius 1 is 1.33 bits per heavy atom. The Labute approximate surface area is 127 Å². The van der Waals surface area contributed by atoms with Crippen LogP contribution in [0.2, 0.25) is 0 Å². The first-order chi connectivity index (χ1) is 10.2. The highest BCUT2D eigenvalue weighted by atomic mass is 15.3. The SMILES string of the molecule is CCn1nc(CC(NC)C2CCCC2C)c2ccccc21. The predicted molar refractivity (Wildman–Crippen MR) is 88.5 cm³/mol. The number of fused-ring (bicyclic) bond motifs is 1. The van der Waals surface area contributed by atoms with Gasteiger partial charge in [-0.2, -0.15) is 5.10 Å². The standard InChI is InChI=1S/C18H27N3/c1-4-21-18-11-6-5-9-15(18)17(20-21)12-16(19-3)14-10-7-8-13(14)2/h5-6,9,11,13-14,16,19H,4,7-8,10,12H2,1-3H3. The molecule has 3 atom stereocenters. The minimum absolute atomic E-state index is 0.547. The molecule has 3 rings (SSSR count). The van der Waals surface area contributed by atoms with Gasteiger partial charge in [0.05, 0.1) is 11.2 Å². The van der Waals surface area contributed by atoms with Gasteiger partial charge in [-0.1, -0.05) is 38.0 Å². The molecule has 1 heterocycles. The van der Waals surface area contributed by atoms with Crippen molar-refractivity contribution in [3.63, 3.8) is 0 Å². The van der Waals surface area contributed by atoms with Gasteiger partial charge in [-0.15, -0.1) is 0 Å². The van der Waals surface area contributed by atoms with Gasteiger partial charge in [0.2, 0.25) is 0 Å². The summed E-state index contributed by atoms with van der Waals surface area (Å²) in [6, 6.07) is 9.18. The summed E-state index contributed by atoms with van der Waals surface area (Å²) in [5.74, 6) is 1.63. The van der Waals surface area contributed by atoms with Crippen molar-refractivity contribution < 1.29 is 0 Å². The van der Waals surface area contributed by atoms with Crippen LogP contribution < -0.4 is 5.32 Å². The van der Waals surface area contributed by atoms with Gasteiger partial charge in [0.25, 0.3) is 0 Å². The smallest absolute Gasteiger partial charge is 0.0718 e. The molecule has 3 heteroatoms. The third kappa shape index (κ3) is 2.71. The molecule has 1 fully saturated rings. The van der Waals surface area contributed by atoms with E-state index in [1.807, 2.05) is 0 Å². The Balaban J connectivity index is 1.89. The maximum absolute atomic E-state index is 4.87. The quantitative estimate of drug-likeness (QED) is 0.909. The lowest BCUT2D eigenvalue weighted by atomic mass is 9.87. The lowest BCUT2D eigenvalue weighted by Gasteiger charge is -2.26. The van der Waals surface area contributed by atoms with Crippen LogP contribution in [0.5, 0.6) is 0 Å². The van der Waals surface area contributed by atoms with Crippen LogP contribution in [0.1, 0.15) is 38.8 Å². The second-order valence-corrected chi connectivity index (χ2v) is 6.45. The van der Waals surface area contributed by atoms with Gasteiger partial charge in [0, 0.05) is 24.4 Å². The molecule has 21 heavy (non-hydrogen) atoms. The molecule has 1 aromatic carbocycles. The molecule has 0 bridgehead atoms. The summed E-state index contributed by atoms with van der Waals surface area (Å²) in [6.07, 6.45) is 5.17. The van der Waals surface area contributed by atoms with Crippen molar-refractivity contribution in [2.45, 2.75) is 52.1 Å². The molecule has 1 N–H and O–H groups in total. The molecule has 1 aliphatic rings. The molecule has 0 saturated heterocycles. The summed E-state index contributed by atoms with van der Waals surface area (Å²) >= 11 is 0. The van der Waals surface area contributed by atoms with E-state index >= 15 is 0 Å². The van der Waals surface area contributed by atoms with E-state index in [0.717, 1.165) is 24.8 Å². The molecule has 0 amide bonds. The second-order valence-electron chi connectivity index (χ2n) is 6.45. The number of benzene rings is 1. The molecule has 1 aromatic heterocycles. The number of likely N-dealkylation sites (N-methyl/N-ethyl adjacent to an activating group) is 1. The average Bonchev–Trinajstić information content (AvgIpc) is 3.09. The highest BCUT2D eigenvalue weighted by Crippen LogP contribution is 2.35. The predicted octanol–water partition coefficient (Wildman–Crippen LogP) is 3.62. The Morgan fingerprint density at radius 2 is 2.14 bits per heavy atom. The van der Waals surface area contributed by atoms with Crippen molar-refractivity contribution in [3.8, 4) is 0 Å². The minimum atomic E-state index is 0.547. The molecule has 3 unspecified atom stereocenters. The van der Waals surface area contributed by atoms with Crippen LogP contribution in [-0.4, -0.2) is 22.9 Å². The highest BCUT2D eigenvalue weighted by Gasteiger charge is 2.30. The van der Waals surface area contributed by atoms with E-state index in [-0.39, 0.29) is 0 Å². The number of hydrogen-bond acceptors (Lipinski definition) is 2. The van der Waals surface area contributed by atoms with Crippen molar-refractivity contribution in [2.24, 2.45) is 11.8 Å². The summed E-state index contributed by atoms with van der Waals surface area (Å²) in [6.45, 7) is 5.51. The Morgan fingerprint density at radius 3 is 2.81 bits per heavy atom. The second kappa shape index (κ2) is 6.18. The first-order valence-corrected chi connectivity index (χ1v) is 8.36. The first-order valence-electron chi connectivity index (χ1n) is 8.36. The van der Waals surface area contributed by atoms with Crippen molar-refractivity contribution >= 4 is 10.9 Å². The Bertz CT molecular complexity index is 602. The number of nitrogens with one attached hydrogen (secondary N) is 1. The average molecular weight is 285 g/mol. The van der Waals surface area contributed by atoms with Crippen LogP contribution in [0.4, 0.5) is 0 Å². The molecule has 114 valence electrons. The van der Waals surface area contributed by atoms with Crippen LogP contribution in [-0.2, 0) is 13.0 Å². The van der Waals surface area contributed by atoms with Crippen molar-refractivity contribution in [3.05, 3.63) is 30.0 Å². The van der Waals surface area contributed by atoms with E-state index in [4.69, 9.17) is 5.10 Å². The molecule has 0 radical (unpaired) electrons. The molecule has 0 aliphatic heterocycles. The molecule has 3 nitrogen and oxygen atoms in total. The van der Waals surface area contributed by atoms with E-state index in [0.29, 0.717) is 6.04 Å². The maximum atomic E-state index is 4.87. The highest BCUT2D eigenvalue weighted by molar-refractivity contribution is 5.82. The zero-order valence-electron chi connectivity index (χ0n) is 13.5.